The molecule has 0 atom stereocenters. The van der Waals surface area contributed by atoms with Gasteiger partial charge in [0.05, 0.1) is 12.8 Å². The van der Waals surface area contributed by atoms with Crippen molar-refractivity contribution in [2.45, 2.75) is 6.92 Å². The Morgan fingerprint density at radius 3 is 2.30 bits per heavy atom. The van der Waals surface area contributed by atoms with E-state index in [9.17, 15) is 4.39 Å². The van der Waals surface area contributed by atoms with Crippen LogP contribution in [0.4, 0.5) is 15.9 Å². The summed E-state index contributed by atoms with van der Waals surface area (Å²) in [5, 5.41) is 3.24. The topological polar surface area (TPSA) is 47.0 Å². The van der Waals surface area contributed by atoms with Crippen LogP contribution in [0.1, 0.15) is 5.82 Å². The fourth-order valence-corrected chi connectivity index (χ4v) is 2.22. The summed E-state index contributed by atoms with van der Waals surface area (Å²) in [5.41, 5.74) is 2.48. The van der Waals surface area contributed by atoms with Crippen molar-refractivity contribution in [3.05, 3.63) is 66.2 Å². The normalized spacial score (nSPS) is 10.4. The summed E-state index contributed by atoms with van der Waals surface area (Å²) in [4.78, 5) is 8.80. The van der Waals surface area contributed by atoms with E-state index in [1.807, 2.05) is 37.3 Å². The highest BCUT2D eigenvalue weighted by Gasteiger charge is 2.05. The SMILES string of the molecule is COc1ccc(Nc2cc(-c3ccc(F)cc3)nc(C)n2)cc1. The molecule has 0 saturated carbocycles. The van der Waals surface area contributed by atoms with E-state index in [0.29, 0.717) is 11.6 Å². The Morgan fingerprint density at radius 1 is 0.957 bits per heavy atom. The zero-order valence-corrected chi connectivity index (χ0v) is 12.9. The van der Waals surface area contributed by atoms with E-state index in [0.717, 1.165) is 22.7 Å². The molecule has 0 aliphatic rings. The Labute approximate surface area is 134 Å². The first-order valence-electron chi connectivity index (χ1n) is 7.17. The number of aromatic nitrogens is 2. The van der Waals surface area contributed by atoms with Crippen LogP contribution in [0.2, 0.25) is 0 Å². The van der Waals surface area contributed by atoms with E-state index < -0.39 is 0 Å². The van der Waals surface area contributed by atoms with Crippen LogP contribution in [0, 0.1) is 12.7 Å². The molecule has 0 saturated heterocycles. The lowest BCUT2D eigenvalue weighted by atomic mass is 10.1. The Balaban J connectivity index is 1.89. The standard InChI is InChI=1S/C18H16FN3O/c1-12-20-17(13-3-5-14(19)6-4-13)11-18(21-12)22-15-7-9-16(23-2)10-8-15/h3-11H,1-2H3,(H,20,21,22). The molecular weight excluding hydrogens is 293 g/mol. The van der Waals surface area contributed by atoms with E-state index in [-0.39, 0.29) is 5.82 Å². The van der Waals surface area contributed by atoms with Gasteiger partial charge in [0.15, 0.2) is 0 Å². The third-order valence-electron chi connectivity index (χ3n) is 3.34. The van der Waals surface area contributed by atoms with Gasteiger partial charge in [-0.2, -0.15) is 0 Å². The minimum Gasteiger partial charge on any atom is -0.497 e. The van der Waals surface area contributed by atoms with Crippen molar-refractivity contribution in [3.8, 4) is 17.0 Å². The highest BCUT2D eigenvalue weighted by atomic mass is 19.1. The van der Waals surface area contributed by atoms with Gasteiger partial charge in [-0.15, -0.1) is 0 Å². The first-order chi connectivity index (χ1) is 11.1. The number of benzene rings is 2. The van der Waals surface area contributed by atoms with Crippen LogP contribution in [0.15, 0.2) is 54.6 Å². The monoisotopic (exact) mass is 309 g/mol. The zero-order valence-electron chi connectivity index (χ0n) is 12.9. The van der Waals surface area contributed by atoms with Gasteiger partial charge in [0, 0.05) is 17.3 Å². The number of nitrogens with zero attached hydrogens (tertiary/aromatic N) is 2. The number of aryl methyl sites for hydroxylation is 1. The first-order valence-corrected chi connectivity index (χ1v) is 7.17. The fourth-order valence-electron chi connectivity index (χ4n) is 2.22. The number of anilines is 2. The maximum Gasteiger partial charge on any atom is 0.134 e. The van der Waals surface area contributed by atoms with Crippen LogP contribution in [0.25, 0.3) is 11.3 Å². The smallest absolute Gasteiger partial charge is 0.134 e. The lowest BCUT2D eigenvalue weighted by Gasteiger charge is -2.09. The Kier molecular flexibility index (Phi) is 4.19. The van der Waals surface area contributed by atoms with E-state index in [2.05, 4.69) is 15.3 Å². The number of nitrogens with one attached hydrogen (secondary N) is 1. The number of methoxy groups -OCH3 is 1. The molecular formula is C18H16FN3O. The van der Waals surface area contributed by atoms with Crippen molar-refractivity contribution in [2.24, 2.45) is 0 Å². The number of ether oxygens (including phenoxy) is 1. The Bertz CT molecular complexity index is 802. The molecule has 0 spiro atoms. The maximum absolute atomic E-state index is 13.1. The predicted octanol–water partition coefficient (Wildman–Crippen LogP) is 4.34. The molecule has 0 unspecified atom stereocenters. The second kappa shape index (κ2) is 6.44. The summed E-state index contributed by atoms with van der Waals surface area (Å²) >= 11 is 0. The van der Waals surface area contributed by atoms with Crippen molar-refractivity contribution >= 4 is 11.5 Å². The molecule has 0 radical (unpaired) electrons. The van der Waals surface area contributed by atoms with Crippen molar-refractivity contribution in [1.82, 2.24) is 9.97 Å². The van der Waals surface area contributed by atoms with Crippen LogP contribution < -0.4 is 10.1 Å². The highest BCUT2D eigenvalue weighted by Crippen LogP contribution is 2.23. The molecule has 0 aliphatic heterocycles. The third kappa shape index (κ3) is 3.63. The summed E-state index contributed by atoms with van der Waals surface area (Å²) in [6, 6.07) is 15.6. The molecule has 2 aromatic carbocycles. The molecule has 4 nitrogen and oxygen atoms in total. The average Bonchev–Trinajstić information content (AvgIpc) is 2.56. The van der Waals surface area contributed by atoms with Gasteiger partial charge < -0.3 is 10.1 Å². The van der Waals surface area contributed by atoms with Crippen molar-refractivity contribution in [3.63, 3.8) is 0 Å². The van der Waals surface area contributed by atoms with Gasteiger partial charge in [-0.25, -0.2) is 14.4 Å². The van der Waals surface area contributed by atoms with Gasteiger partial charge in [-0.3, -0.25) is 0 Å². The predicted molar refractivity (Wildman–Crippen MR) is 88.4 cm³/mol. The molecule has 0 aliphatic carbocycles. The lowest BCUT2D eigenvalue weighted by Crippen LogP contribution is -1.99. The van der Waals surface area contributed by atoms with Gasteiger partial charge in [-0.05, 0) is 55.5 Å². The Hall–Kier alpha value is -2.95. The Morgan fingerprint density at radius 2 is 1.65 bits per heavy atom. The summed E-state index contributed by atoms with van der Waals surface area (Å²) in [6.07, 6.45) is 0. The summed E-state index contributed by atoms with van der Waals surface area (Å²) in [5.74, 6) is 1.85. The second-order valence-corrected chi connectivity index (χ2v) is 5.05. The highest BCUT2D eigenvalue weighted by molar-refractivity contribution is 5.65. The lowest BCUT2D eigenvalue weighted by molar-refractivity contribution is 0.415. The first kappa shape index (κ1) is 15.0. The molecule has 1 N–H and O–H groups in total. The summed E-state index contributed by atoms with van der Waals surface area (Å²) in [6.45, 7) is 1.83. The molecule has 23 heavy (non-hydrogen) atoms. The molecule has 1 aromatic heterocycles. The van der Waals surface area contributed by atoms with Gasteiger partial charge >= 0.3 is 0 Å². The van der Waals surface area contributed by atoms with Crippen LogP contribution in [0.3, 0.4) is 0 Å². The minimum atomic E-state index is -0.267. The zero-order chi connectivity index (χ0) is 16.2. The maximum atomic E-state index is 13.1. The van der Waals surface area contributed by atoms with E-state index in [1.165, 1.54) is 12.1 Å². The number of hydrogen-bond donors (Lipinski definition) is 1. The second-order valence-electron chi connectivity index (χ2n) is 5.05. The molecule has 3 rings (SSSR count). The quantitative estimate of drug-likeness (QED) is 0.778. The van der Waals surface area contributed by atoms with Crippen LogP contribution in [-0.2, 0) is 0 Å². The average molecular weight is 309 g/mol. The van der Waals surface area contributed by atoms with E-state index >= 15 is 0 Å². The molecule has 0 amide bonds. The molecule has 5 heteroatoms. The van der Waals surface area contributed by atoms with Crippen molar-refractivity contribution < 1.29 is 9.13 Å². The summed E-state index contributed by atoms with van der Waals surface area (Å²) in [7, 11) is 1.63. The van der Waals surface area contributed by atoms with E-state index in [4.69, 9.17) is 4.74 Å². The molecule has 0 bridgehead atoms. The van der Waals surface area contributed by atoms with Gasteiger partial charge in [-0.1, -0.05) is 0 Å². The number of rotatable bonds is 4. The van der Waals surface area contributed by atoms with Crippen LogP contribution in [-0.4, -0.2) is 17.1 Å². The van der Waals surface area contributed by atoms with Gasteiger partial charge in [0.2, 0.25) is 0 Å². The number of halogens is 1. The molecule has 116 valence electrons. The van der Waals surface area contributed by atoms with Gasteiger partial charge in [0.1, 0.15) is 23.2 Å². The van der Waals surface area contributed by atoms with Gasteiger partial charge in [0.25, 0.3) is 0 Å². The largest absolute Gasteiger partial charge is 0.497 e. The van der Waals surface area contributed by atoms with Crippen molar-refractivity contribution in [2.75, 3.05) is 12.4 Å². The van der Waals surface area contributed by atoms with Crippen LogP contribution >= 0.6 is 0 Å². The molecule has 0 fully saturated rings. The van der Waals surface area contributed by atoms with Crippen molar-refractivity contribution in [1.29, 1.82) is 0 Å². The summed E-state index contributed by atoms with van der Waals surface area (Å²) < 4.78 is 18.2. The van der Waals surface area contributed by atoms with Crippen LogP contribution in [0.5, 0.6) is 5.75 Å². The number of hydrogen-bond acceptors (Lipinski definition) is 4. The molecule has 1 heterocycles. The van der Waals surface area contributed by atoms with E-state index in [1.54, 1.807) is 19.2 Å². The molecule has 3 aromatic rings. The fraction of sp³-hybridized carbons (Fsp3) is 0.111. The minimum absolute atomic E-state index is 0.267. The third-order valence-corrected chi connectivity index (χ3v) is 3.34.